The molecule has 0 saturated carbocycles. The number of sulfonamides is 1. The predicted molar refractivity (Wildman–Crippen MR) is 107 cm³/mol. The van der Waals surface area contributed by atoms with Crippen molar-refractivity contribution >= 4 is 50.2 Å². The van der Waals surface area contributed by atoms with Crippen LogP contribution in [0.15, 0.2) is 51.8 Å². The normalized spacial score (nSPS) is 16.6. The minimum absolute atomic E-state index is 0.0386. The maximum absolute atomic E-state index is 12.7. The summed E-state index contributed by atoms with van der Waals surface area (Å²) in [6, 6.07) is 11.7. The minimum atomic E-state index is -3.43. The summed E-state index contributed by atoms with van der Waals surface area (Å²) in [5, 5.41) is 3.12. The highest BCUT2D eigenvalue weighted by Crippen LogP contribution is 2.42. The largest absolute Gasteiger partial charge is 0.465 e. The lowest BCUT2D eigenvalue weighted by molar-refractivity contribution is 0.0602. The van der Waals surface area contributed by atoms with E-state index in [1.165, 1.54) is 18.9 Å². The van der Waals surface area contributed by atoms with Crippen molar-refractivity contribution in [3.63, 3.8) is 0 Å². The molecule has 0 fully saturated rings. The molecule has 0 aromatic heterocycles. The molecule has 0 bridgehead atoms. The van der Waals surface area contributed by atoms with Crippen molar-refractivity contribution in [1.82, 2.24) is 0 Å². The highest BCUT2D eigenvalue weighted by molar-refractivity contribution is 8.15. The number of anilines is 2. The average Bonchev–Trinajstić information content (AvgIpc) is 3.02. The fourth-order valence-electron chi connectivity index (χ4n) is 2.95. The van der Waals surface area contributed by atoms with Crippen LogP contribution in [0.2, 0.25) is 0 Å². The summed E-state index contributed by atoms with van der Waals surface area (Å²) >= 11 is 1.21. The highest BCUT2D eigenvalue weighted by atomic mass is 32.2. The zero-order valence-corrected chi connectivity index (χ0v) is 16.3. The van der Waals surface area contributed by atoms with E-state index >= 15 is 0 Å². The van der Waals surface area contributed by atoms with Crippen LogP contribution in [0.5, 0.6) is 0 Å². The third-order valence-electron chi connectivity index (χ3n) is 4.32. The number of carbonyl (C=O) groups is 2. The van der Waals surface area contributed by atoms with Gasteiger partial charge in [0.25, 0.3) is 15.9 Å². The fraction of sp³-hybridized carbons (Fsp3) is 0.167. The second-order valence-electron chi connectivity index (χ2n) is 6.09. The fourth-order valence-corrected chi connectivity index (χ4v) is 5.24. The number of amides is 1. The molecule has 2 heterocycles. The van der Waals surface area contributed by atoms with Gasteiger partial charge in [-0.05, 0) is 42.1 Å². The van der Waals surface area contributed by atoms with Crippen LogP contribution in [0.3, 0.4) is 0 Å². The van der Waals surface area contributed by atoms with Gasteiger partial charge in [-0.1, -0.05) is 12.1 Å². The molecule has 2 aromatic rings. The molecule has 2 aromatic carbocycles. The van der Waals surface area contributed by atoms with Crippen LogP contribution in [0.1, 0.15) is 20.7 Å². The molecule has 0 unspecified atom stereocenters. The van der Waals surface area contributed by atoms with Gasteiger partial charge in [-0.3, -0.25) is 4.79 Å². The summed E-state index contributed by atoms with van der Waals surface area (Å²) in [5.74, 6) is -0.973. The molecular weight excluding hydrogens is 402 g/mol. The van der Waals surface area contributed by atoms with Crippen LogP contribution in [-0.4, -0.2) is 44.9 Å². The number of hydrogen-bond donors (Lipinski definition) is 1. The molecule has 0 atom stereocenters. The van der Waals surface area contributed by atoms with E-state index in [9.17, 15) is 18.0 Å². The second kappa shape index (κ2) is 6.95. The summed E-state index contributed by atoms with van der Waals surface area (Å²) in [7, 11) is -2.16. The van der Waals surface area contributed by atoms with Gasteiger partial charge in [-0.15, -0.1) is 4.40 Å². The zero-order chi connectivity index (χ0) is 19.9. The lowest BCUT2D eigenvalue weighted by Gasteiger charge is -2.22. The van der Waals surface area contributed by atoms with Crippen molar-refractivity contribution in [2.24, 2.45) is 4.40 Å². The Balaban J connectivity index is 1.60. The molecule has 2 aliphatic heterocycles. The molecule has 1 N–H and O–H groups in total. The highest BCUT2D eigenvalue weighted by Gasteiger charge is 2.33. The number of thioether (sulfide) groups is 1. The first-order valence-electron chi connectivity index (χ1n) is 8.29. The molecule has 28 heavy (non-hydrogen) atoms. The van der Waals surface area contributed by atoms with E-state index in [0.29, 0.717) is 23.0 Å². The number of nitrogens with zero attached hydrogens (tertiary/aromatic N) is 2. The summed E-state index contributed by atoms with van der Waals surface area (Å²) in [6.07, 6.45) is 0. The molecule has 0 radical (unpaired) electrons. The lowest BCUT2D eigenvalue weighted by Crippen LogP contribution is -2.35. The van der Waals surface area contributed by atoms with Gasteiger partial charge in [-0.25, -0.2) is 13.2 Å². The van der Waals surface area contributed by atoms with Gasteiger partial charge in [0, 0.05) is 17.0 Å². The van der Waals surface area contributed by atoms with E-state index in [0.717, 1.165) is 10.6 Å². The summed E-state index contributed by atoms with van der Waals surface area (Å²) in [5.41, 5.74) is 1.81. The number of amidine groups is 1. The van der Waals surface area contributed by atoms with Crippen LogP contribution in [0, 0.1) is 0 Å². The van der Waals surface area contributed by atoms with E-state index in [2.05, 4.69) is 9.71 Å². The Morgan fingerprint density at radius 3 is 2.79 bits per heavy atom. The first kappa shape index (κ1) is 18.5. The Hall–Kier alpha value is -2.85. The SMILES string of the molecule is COC(=O)c1ccccc1NC(=O)c1ccc2c(c1)SC1=NS(=O)(=O)CCN12. The minimum Gasteiger partial charge on any atom is -0.465 e. The van der Waals surface area contributed by atoms with Crippen LogP contribution in [-0.2, 0) is 14.8 Å². The number of ether oxygens (including phenoxy) is 1. The molecule has 10 heteroatoms. The van der Waals surface area contributed by atoms with Gasteiger partial charge in [-0.2, -0.15) is 0 Å². The summed E-state index contributed by atoms with van der Waals surface area (Å²) < 4.78 is 31.9. The molecule has 0 spiro atoms. The van der Waals surface area contributed by atoms with E-state index in [-0.39, 0.29) is 17.2 Å². The summed E-state index contributed by atoms with van der Waals surface area (Å²) in [4.78, 5) is 27.1. The van der Waals surface area contributed by atoms with Crippen LogP contribution >= 0.6 is 11.8 Å². The van der Waals surface area contributed by atoms with Gasteiger partial charge in [0.1, 0.15) is 0 Å². The lowest BCUT2D eigenvalue weighted by atomic mass is 10.1. The third kappa shape index (κ3) is 3.36. The molecule has 0 saturated heterocycles. The maximum atomic E-state index is 12.7. The van der Waals surface area contributed by atoms with E-state index in [4.69, 9.17) is 4.74 Å². The molecule has 2 aliphatic rings. The van der Waals surface area contributed by atoms with Crippen molar-refractivity contribution in [3.05, 3.63) is 53.6 Å². The topological polar surface area (TPSA) is 105 Å². The Morgan fingerprint density at radius 1 is 1.21 bits per heavy atom. The smallest absolute Gasteiger partial charge is 0.339 e. The number of hydrogen-bond acceptors (Lipinski definition) is 7. The van der Waals surface area contributed by atoms with Crippen LogP contribution < -0.4 is 10.2 Å². The number of carbonyl (C=O) groups excluding carboxylic acids is 2. The van der Waals surface area contributed by atoms with Crippen molar-refractivity contribution < 1.29 is 22.7 Å². The predicted octanol–water partition coefficient (Wildman–Crippen LogP) is 2.34. The monoisotopic (exact) mass is 417 g/mol. The van der Waals surface area contributed by atoms with Crippen molar-refractivity contribution in [2.75, 3.05) is 29.6 Å². The molecule has 4 rings (SSSR count). The van der Waals surface area contributed by atoms with Gasteiger partial charge in [0.15, 0.2) is 5.17 Å². The van der Waals surface area contributed by atoms with E-state index in [1.54, 1.807) is 42.5 Å². The Bertz CT molecular complexity index is 1130. The zero-order valence-electron chi connectivity index (χ0n) is 14.7. The van der Waals surface area contributed by atoms with Gasteiger partial charge >= 0.3 is 5.97 Å². The summed E-state index contributed by atoms with van der Waals surface area (Å²) in [6.45, 7) is 0.333. The molecule has 8 nitrogen and oxygen atoms in total. The van der Waals surface area contributed by atoms with Crippen LogP contribution in [0.25, 0.3) is 0 Å². The molecule has 144 valence electrons. The number of nitrogens with one attached hydrogen (secondary N) is 1. The number of fused-ring (bicyclic) bond motifs is 3. The quantitative estimate of drug-likeness (QED) is 0.764. The van der Waals surface area contributed by atoms with Gasteiger partial charge in [0.2, 0.25) is 0 Å². The maximum Gasteiger partial charge on any atom is 0.339 e. The Labute approximate surface area is 165 Å². The number of benzene rings is 2. The molecule has 0 aliphatic carbocycles. The molecular formula is C18H15N3O5S2. The van der Waals surface area contributed by atoms with Crippen molar-refractivity contribution in [3.8, 4) is 0 Å². The number of esters is 1. The number of methoxy groups -OCH3 is 1. The third-order valence-corrected chi connectivity index (χ3v) is 6.62. The molecule has 1 amide bonds. The Morgan fingerprint density at radius 2 is 2.00 bits per heavy atom. The second-order valence-corrected chi connectivity index (χ2v) is 8.85. The Kier molecular flexibility index (Phi) is 4.60. The van der Waals surface area contributed by atoms with Gasteiger partial charge < -0.3 is 15.0 Å². The number of rotatable bonds is 3. The number of para-hydroxylation sites is 1. The van der Waals surface area contributed by atoms with E-state index in [1.807, 2.05) is 4.90 Å². The first-order valence-corrected chi connectivity index (χ1v) is 10.7. The standard InChI is InChI=1S/C18H15N3O5S2/c1-26-17(23)12-4-2-3-5-13(12)19-16(22)11-6-7-14-15(10-11)27-18-20-28(24,25)9-8-21(14)18/h2-7,10H,8-9H2,1H3,(H,19,22). The van der Waals surface area contributed by atoms with E-state index < -0.39 is 16.0 Å². The first-order chi connectivity index (χ1) is 13.4. The van der Waals surface area contributed by atoms with Crippen LogP contribution in [0.4, 0.5) is 11.4 Å². The average molecular weight is 417 g/mol. The van der Waals surface area contributed by atoms with Crippen molar-refractivity contribution in [2.45, 2.75) is 4.90 Å². The van der Waals surface area contributed by atoms with Crippen molar-refractivity contribution in [1.29, 1.82) is 0 Å². The van der Waals surface area contributed by atoms with Gasteiger partial charge in [0.05, 0.1) is 29.8 Å².